The molecule has 1 aromatic heterocycles. The van der Waals surface area contributed by atoms with Crippen molar-refractivity contribution in [3.8, 4) is 11.5 Å². The topological polar surface area (TPSA) is 48.4 Å². The first-order valence-corrected chi connectivity index (χ1v) is 8.87. The van der Waals surface area contributed by atoms with Gasteiger partial charge in [-0.1, -0.05) is 42.5 Å². The molecule has 0 spiro atoms. The third-order valence-corrected chi connectivity index (χ3v) is 3.78. The van der Waals surface area contributed by atoms with Crippen LogP contribution >= 0.6 is 0 Å². The molecule has 4 heteroatoms. The summed E-state index contributed by atoms with van der Waals surface area (Å²) in [5, 5.41) is 0. The lowest BCUT2D eigenvalue weighted by Crippen LogP contribution is -2.09. The fourth-order valence-corrected chi connectivity index (χ4v) is 2.41. The smallest absolute Gasteiger partial charge is 0.311 e. The maximum Gasteiger partial charge on any atom is 0.311 e. The van der Waals surface area contributed by atoms with E-state index in [0.717, 1.165) is 17.0 Å². The molecule has 0 radical (unpaired) electrons. The Balaban J connectivity index is 1.41. The molecule has 0 saturated carbocycles. The van der Waals surface area contributed by atoms with Gasteiger partial charge >= 0.3 is 5.97 Å². The largest absolute Gasteiger partial charge is 0.494 e. The minimum Gasteiger partial charge on any atom is -0.494 e. The highest BCUT2D eigenvalue weighted by atomic mass is 16.5. The average Bonchev–Trinajstić information content (AvgIpc) is 2.72. The van der Waals surface area contributed by atoms with Crippen molar-refractivity contribution in [1.82, 2.24) is 4.98 Å². The number of benzene rings is 2. The van der Waals surface area contributed by atoms with Crippen molar-refractivity contribution in [3.63, 3.8) is 0 Å². The van der Waals surface area contributed by atoms with Crippen molar-refractivity contribution < 1.29 is 14.3 Å². The minimum atomic E-state index is -0.261. The van der Waals surface area contributed by atoms with Crippen molar-refractivity contribution in [3.05, 3.63) is 90.3 Å². The van der Waals surface area contributed by atoms with E-state index in [9.17, 15) is 4.79 Å². The second kappa shape index (κ2) is 9.92. The van der Waals surface area contributed by atoms with Gasteiger partial charge in [-0.3, -0.25) is 9.78 Å². The van der Waals surface area contributed by atoms with Crippen molar-refractivity contribution in [2.75, 3.05) is 6.61 Å². The summed E-state index contributed by atoms with van der Waals surface area (Å²) in [5.74, 6) is 1.09. The van der Waals surface area contributed by atoms with E-state index in [1.54, 1.807) is 18.3 Å². The zero-order chi connectivity index (χ0) is 18.7. The summed E-state index contributed by atoms with van der Waals surface area (Å²) in [5.41, 5.74) is 1.91. The van der Waals surface area contributed by atoms with Crippen LogP contribution in [0.15, 0.2) is 79.0 Å². The zero-order valence-corrected chi connectivity index (χ0v) is 15.0. The van der Waals surface area contributed by atoms with Crippen LogP contribution < -0.4 is 9.47 Å². The average molecular weight is 359 g/mol. The number of hydrogen-bond acceptors (Lipinski definition) is 4. The number of ether oxygens (including phenoxy) is 2. The summed E-state index contributed by atoms with van der Waals surface area (Å²) in [4.78, 5) is 16.2. The highest BCUT2D eigenvalue weighted by Gasteiger charge is 2.05. The van der Waals surface area contributed by atoms with Gasteiger partial charge in [-0.05, 0) is 54.5 Å². The molecular weight excluding hydrogens is 338 g/mol. The molecule has 0 aliphatic heterocycles. The fraction of sp³-hybridized carbons (Fsp3) is 0.130. The molecular formula is C23H21NO3. The van der Waals surface area contributed by atoms with Crippen LogP contribution in [-0.4, -0.2) is 17.6 Å². The van der Waals surface area contributed by atoms with Gasteiger partial charge < -0.3 is 9.47 Å². The van der Waals surface area contributed by atoms with Gasteiger partial charge in [0, 0.05) is 12.6 Å². The third kappa shape index (κ3) is 6.44. The zero-order valence-electron chi connectivity index (χ0n) is 15.0. The Labute approximate surface area is 159 Å². The Bertz CT molecular complexity index is 859. The fourth-order valence-electron chi connectivity index (χ4n) is 2.41. The monoisotopic (exact) mass is 359 g/mol. The van der Waals surface area contributed by atoms with Gasteiger partial charge in [0.1, 0.15) is 11.5 Å². The lowest BCUT2D eigenvalue weighted by molar-refractivity contribution is -0.134. The van der Waals surface area contributed by atoms with Crippen LogP contribution in [0.3, 0.4) is 0 Å². The minimum absolute atomic E-state index is 0.261. The maximum atomic E-state index is 11.9. The predicted octanol–water partition coefficient (Wildman–Crippen LogP) is 5.02. The molecule has 3 aromatic rings. The number of rotatable bonds is 8. The standard InChI is InChI=1S/C23H21NO3/c25-23(10-6-18-26-21-8-2-1-3-9-21)27-22-15-12-19(13-16-22)11-14-20-7-4-5-17-24-20/h1-5,7-9,11-17H,6,10,18H2/b14-11+. The number of esters is 1. The van der Waals surface area contributed by atoms with Gasteiger partial charge in [0.15, 0.2) is 0 Å². The number of carbonyl (C=O) groups is 1. The SMILES string of the molecule is O=C(CCCOc1ccccc1)Oc1ccc(/C=C/c2ccccn2)cc1. The van der Waals surface area contributed by atoms with Crippen molar-refractivity contribution in [2.24, 2.45) is 0 Å². The van der Waals surface area contributed by atoms with Crippen LogP contribution in [0, 0.1) is 0 Å². The normalized spacial score (nSPS) is 10.7. The van der Waals surface area contributed by atoms with Crippen LogP contribution in [0.1, 0.15) is 24.1 Å². The van der Waals surface area contributed by atoms with E-state index in [-0.39, 0.29) is 5.97 Å². The van der Waals surface area contributed by atoms with Gasteiger partial charge in [-0.15, -0.1) is 0 Å². The van der Waals surface area contributed by atoms with E-state index in [0.29, 0.717) is 25.2 Å². The van der Waals surface area contributed by atoms with Crippen molar-refractivity contribution in [1.29, 1.82) is 0 Å². The van der Waals surface area contributed by atoms with Crippen LogP contribution in [0.25, 0.3) is 12.2 Å². The molecule has 0 N–H and O–H groups in total. The van der Waals surface area contributed by atoms with Gasteiger partial charge in [-0.2, -0.15) is 0 Å². The first kappa shape index (κ1) is 18.4. The van der Waals surface area contributed by atoms with E-state index in [4.69, 9.17) is 9.47 Å². The molecule has 1 heterocycles. The molecule has 0 aliphatic carbocycles. The summed E-state index contributed by atoms with van der Waals surface area (Å²) in [7, 11) is 0. The number of nitrogens with zero attached hydrogens (tertiary/aromatic N) is 1. The molecule has 0 atom stereocenters. The first-order chi connectivity index (χ1) is 13.3. The lowest BCUT2D eigenvalue weighted by atomic mass is 10.2. The second-order valence-corrected chi connectivity index (χ2v) is 5.90. The maximum absolute atomic E-state index is 11.9. The molecule has 0 saturated heterocycles. The third-order valence-electron chi connectivity index (χ3n) is 3.78. The Kier molecular flexibility index (Phi) is 6.76. The van der Waals surface area contributed by atoms with Crippen molar-refractivity contribution >= 4 is 18.1 Å². The Morgan fingerprint density at radius 1 is 0.852 bits per heavy atom. The van der Waals surface area contributed by atoms with E-state index >= 15 is 0 Å². The number of carbonyl (C=O) groups excluding carboxylic acids is 1. The molecule has 3 rings (SSSR count). The first-order valence-electron chi connectivity index (χ1n) is 8.87. The van der Waals surface area contributed by atoms with E-state index in [1.165, 1.54) is 0 Å². The summed E-state index contributed by atoms with van der Waals surface area (Å²) in [6, 6.07) is 22.7. The number of pyridine rings is 1. The Morgan fingerprint density at radius 3 is 2.37 bits per heavy atom. The van der Waals surface area contributed by atoms with Gasteiger partial charge in [0.05, 0.1) is 12.3 Å². The summed E-state index contributed by atoms with van der Waals surface area (Å²) in [6.07, 6.45) is 6.59. The van der Waals surface area contributed by atoms with Gasteiger partial charge in [0.25, 0.3) is 0 Å². The second-order valence-electron chi connectivity index (χ2n) is 5.90. The Morgan fingerprint density at radius 2 is 1.63 bits per heavy atom. The molecule has 27 heavy (non-hydrogen) atoms. The lowest BCUT2D eigenvalue weighted by Gasteiger charge is -2.06. The van der Waals surface area contributed by atoms with Gasteiger partial charge in [0.2, 0.25) is 0 Å². The number of aromatic nitrogens is 1. The van der Waals surface area contributed by atoms with Crippen LogP contribution in [-0.2, 0) is 4.79 Å². The highest BCUT2D eigenvalue weighted by Crippen LogP contribution is 2.15. The molecule has 0 amide bonds. The summed E-state index contributed by atoms with van der Waals surface area (Å²) >= 11 is 0. The molecule has 0 fully saturated rings. The van der Waals surface area contributed by atoms with Gasteiger partial charge in [-0.25, -0.2) is 0 Å². The number of para-hydroxylation sites is 1. The van der Waals surface area contributed by atoms with Crippen molar-refractivity contribution in [2.45, 2.75) is 12.8 Å². The molecule has 0 aliphatic rings. The van der Waals surface area contributed by atoms with E-state index < -0.39 is 0 Å². The molecule has 0 unspecified atom stereocenters. The highest BCUT2D eigenvalue weighted by molar-refractivity contribution is 5.73. The molecule has 2 aromatic carbocycles. The predicted molar refractivity (Wildman–Crippen MR) is 106 cm³/mol. The van der Waals surface area contributed by atoms with Crippen LogP contribution in [0.2, 0.25) is 0 Å². The van der Waals surface area contributed by atoms with E-state index in [2.05, 4.69) is 4.98 Å². The quantitative estimate of drug-likeness (QED) is 0.322. The molecule has 136 valence electrons. The Hall–Kier alpha value is -3.40. The molecule has 4 nitrogen and oxygen atoms in total. The summed E-state index contributed by atoms with van der Waals surface area (Å²) < 4.78 is 10.9. The number of hydrogen-bond donors (Lipinski definition) is 0. The summed E-state index contributed by atoms with van der Waals surface area (Å²) in [6.45, 7) is 0.483. The molecule has 0 bridgehead atoms. The van der Waals surface area contributed by atoms with E-state index in [1.807, 2.05) is 72.8 Å². The van der Waals surface area contributed by atoms with Crippen LogP contribution in [0.5, 0.6) is 11.5 Å². The van der Waals surface area contributed by atoms with Crippen LogP contribution in [0.4, 0.5) is 0 Å².